The van der Waals surface area contributed by atoms with E-state index in [1.807, 2.05) is 24.3 Å². The van der Waals surface area contributed by atoms with Crippen LogP contribution in [0.25, 0.3) is 6.08 Å². The van der Waals surface area contributed by atoms with Crippen molar-refractivity contribution < 1.29 is 9.53 Å². The predicted molar refractivity (Wildman–Crippen MR) is 48.1 cm³/mol. The summed E-state index contributed by atoms with van der Waals surface area (Å²) in [7, 11) is 1.61. The van der Waals surface area contributed by atoms with Crippen LogP contribution in [0.5, 0.6) is 5.75 Å². The van der Waals surface area contributed by atoms with Crippen molar-refractivity contribution in [2.75, 3.05) is 7.11 Å². The topological polar surface area (TPSA) is 26.3 Å². The van der Waals surface area contributed by atoms with Crippen LogP contribution in [0.1, 0.15) is 5.56 Å². The molecular formula is C10H10O2. The second-order valence-corrected chi connectivity index (χ2v) is 2.27. The predicted octanol–water partition coefficient (Wildman–Crippen LogP) is 1.91. The molecule has 0 radical (unpaired) electrons. The molecule has 0 aliphatic carbocycles. The molecule has 62 valence electrons. The Bertz CT molecular complexity index is 290. The fourth-order valence-corrected chi connectivity index (χ4v) is 0.896. The lowest BCUT2D eigenvalue weighted by molar-refractivity contribution is -0.104. The molecule has 1 aromatic rings. The first kappa shape index (κ1) is 8.53. The van der Waals surface area contributed by atoms with Crippen LogP contribution in [-0.4, -0.2) is 13.4 Å². The Kier molecular flexibility index (Phi) is 3.08. The van der Waals surface area contributed by atoms with E-state index in [0.717, 1.165) is 17.6 Å². The van der Waals surface area contributed by atoms with Crippen molar-refractivity contribution in [2.24, 2.45) is 0 Å². The van der Waals surface area contributed by atoms with Crippen LogP contribution < -0.4 is 4.74 Å². The van der Waals surface area contributed by atoms with Gasteiger partial charge in [0.2, 0.25) is 0 Å². The third kappa shape index (κ3) is 2.23. The summed E-state index contributed by atoms with van der Waals surface area (Å²) < 4.78 is 5.01. The molecule has 0 saturated carbocycles. The molecule has 0 spiro atoms. The molecule has 0 fully saturated rings. The number of allylic oxidation sites excluding steroid dienone is 1. The number of carbonyl (C=O) groups is 1. The van der Waals surface area contributed by atoms with E-state index in [-0.39, 0.29) is 0 Å². The first-order chi connectivity index (χ1) is 5.86. The maximum Gasteiger partial charge on any atom is 0.142 e. The van der Waals surface area contributed by atoms with Gasteiger partial charge in [0.05, 0.1) is 7.11 Å². The van der Waals surface area contributed by atoms with Gasteiger partial charge in [-0.1, -0.05) is 18.2 Å². The molecule has 0 N–H and O–H groups in total. The van der Waals surface area contributed by atoms with Crippen LogP contribution in [0.4, 0.5) is 0 Å². The highest BCUT2D eigenvalue weighted by atomic mass is 16.5. The zero-order chi connectivity index (χ0) is 8.81. The lowest BCUT2D eigenvalue weighted by Crippen LogP contribution is -1.82. The first-order valence-electron chi connectivity index (χ1n) is 3.62. The van der Waals surface area contributed by atoms with Gasteiger partial charge in [-0.25, -0.2) is 0 Å². The summed E-state index contributed by atoms with van der Waals surface area (Å²) in [5.74, 6) is 0.794. The van der Waals surface area contributed by atoms with E-state index >= 15 is 0 Å². The number of aldehydes is 1. The molecule has 1 rings (SSSR count). The molecular weight excluding hydrogens is 152 g/mol. The Morgan fingerprint density at radius 1 is 1.42 bits per heavy atom. The molecule has 0 bridgehead atoms. The van der Waals surface area contributed by atoms with Crippen molar-refractivity contribution in [2.45, 2.75) is 0 Å². The lowest BCUT2D eigenvalue weighted by atomic mass is 10.2. The van der Waals surface area contributed by atoms with E-state index in [1.54, 1.807) is 13.2 Å². The number of methoxy groups -OCH3 is 1. The fourth-order valence-electron chi connectivity index (χ4n) is 0.896. The molecule has 2 heteroatoms. The second-order valence-electron chi connectivity index (χ2n) is 2.27. The van der Waals surface area contributed by atoms with Gasteiger partial charge in [0.1, 0.15) is 12.0 Å². The van der Waals surface area contributed by atoms with E-state index in [1.165, 1.54) is 6.08 Å². The van der Waals surface area contributed by atoms with Gasteiger partial charge >= 0.3 is 0 Å². The molecule has 0 aliphatic rings. The lowest BCUT2D eigenvalue weighted by Gasteiger charge is -1.98. The Morgan fingerprint density at radius 2 is 2.25 bits per heavy atom. The van der Waals surface area contributed by atoms with Crippen LogP contribution in [0, 0.1) is 0 Å². The Hall–Kier alpha value is -1.57. The zero-order valence-corrected chi connectivity index (χ0v) is 6.86. The van der Waals surface area contributed by atoms with Crippen LogP contribution in [0.2, 0.25) is 0 Å². The number of hydrogen-bond donors (Lipinski definition) is 0. The molecule has 0 unspecified atom stereocenters. The minimum Gasteiger partial charge on any atom is -0.497 e. The number of rotatable bonds is 3. The smallest absolute Gasteiger partial charge is 0.142 e. The summed E-state index contributed by atoms with van der Waals surface area (Å²) in [6, 6.07) is 7.50. The molecule has 0 amide bonds. The maximum atomic E-state index is 10.0. The second kappa shape index (κ2) is 4.34. The van der Waals surface area contributed by atoms with E-state index in [9.17, 15) is 4.79 Å². The van der Waals surface area contributed by atoms with Crippen LogP contribution >= 0.6 is 0 Å². The third-order valence-electron chi connectivity index (χ3n) is 1.46. The highest BCUT2D eigenvalue weighted by Gasteiger charge is 1.89. The first-order valence-corrected chi connectivity index (χ1v) is 3.62. The van der Waals surface area contributed by atoms with Gasteiger partial charge in [0.25, 0.3) is 0 Å². The van der Waals surface area contributed by atoms with E-state index in [0.29, 0.717) is 0 Å². The molecule has 1 aromatic carbocycles. The molecule has 0 aromatic heterocycles. The molecule has 0 aliphatic heterocycles. The van der Waals surface area contributed by atoms with E-state index in [4.69, 9.17) is 4.74 Å². The van der Waals surface area contributed by atoms with E-state index in [2.05, 4.69) is 0 Å². The summed E-state index contributed by atoms with van der Waals surface area (Å²) in [6.45, 7) is 0. The third-order valence-corrected chi connectivity index (χ3v) is 1.46. The minimum absolute atomic E-state index is 0.749. The van der Waals surface area contributed by atoms with Gasteiger partial charge in [0.15, 0.2) is 0 Å². The monoisotopic (exact) mass is 162 g/mol. The van der Waals surface area contributed by atoms with Crippen molar-refractivity contribution in [1.82, 2.24) is 0 Å². The number of hydrogen-bond acceptors (Lipinski definition) is 2. The van der Waals surface area contributed by atoms with Crippen molar-refractivity contribution >= 4 is 12.4 Å². The number of ether oxygens (including phenoxy) is 1. The van der Waals surface area contributed by atoms with Crippen LogP contribution in [0.3, 0.4) is 0 Å². The van der Waals surface area contributed by atoms with Gasteiger partial charge < -0.3 is 4.74 Å². The van der Waals surface area contributed by atoms with Gasteiger partial charge in [0, 0.05) is 0 Å². The van der Waals surface area contributed by atoms with Crippen molar-refractivity contribution in [3.05, 3.63) is 35.9 Å². The summed E-state index contributed by atoms with van der Waals surface area (Å²) in [5.41, 5.74) is 0.960. The normalized spacial score (nSPS) is 10.1. The highest BCUT2D eigenvalue weighted by molar-refractivity contribution is 5.74. The van der Waals surface area contributed by atoms with Crippen LogP contribution in [0.15, 0.2) is 30.3 Å². The summed E-state index contributed by atoms with van der Waals surface area (Å²) >= 11 is 0. The molecule has 12 heavy (non-hydrogen) atoms. The van der Waals surface area contributed by atoms with Gasteiger partial charge in [-0.05, 0) is 23.8 Å². The summed E-state index contributed by atoms with van der Waals surface area (Å²) in [4.78, 5) is 10.0. The van der Waals surface area contributed by atoms with Gasteiger partial charge in [-0.2, -0.15) is 0 Å². The fraction of sp³-hybridized carbons (Fsp3) is 0.100. The SMILES string of the molecule is COc1cccc(/C=C/C=O)c1. The molecule has 0 saturated heterocycles. The average Bonchev–Trinajstić information content (AvgIpc) is 2.15. The molecule has 0 atom stereocenters. The van der Waals surface area contributed by atoms with Gasteiger partial charge in [-0.3, -0.25) is 4.79 Å². The number of benzene rings is 1. The molecule has 2 nitrogen and oxygen atoms in total. The van der Waals surface area contributed by atoms with Gasteiger partial charge in [-0.15, -0.1) is 0 Å². The highest BCUT2D eigenvalue weighted by Crippen LogP contribution is 2.13. The Labute approximate surface area is 71.5 Å². The standard InChI is InChI=1S/C10H10O2/c1-12-10-6-2-4-9(8-10)5-3-7-11/h2-8H,1H3/b5-3+. The summed E-state index contributed by atoms with van der Waals surface area (Å²) in [5, 5.41) is 0. The zero-order valence-electron chi connectivity index (χ0n) is 6.86. The average molecular weight is 162 g/mol. The van der Waals surface area contributed by atoms with Crippen molar-refractivity contribution in [3.8, 4) is 5.75 Å². The van der Waals surface area contributed by atoms with Crippen molar-refractivity contribution in [3.63, 3.8) is 0 Å². The Balaban J connectivity index is 2.86. The Morgan fingerprint density at radius 3 is 2.92 bits per heavy atom. The minimum atomic E-state index is 0.749. The largest absolute Gasteiger partial charge is 0.497 e. The van der Waals surface area contributed by atoms with E-state index < -0.39 is 0 Å². The summed E-state index contributed by atoms with van der Waals surface area (Å²) in [6.07, 6.45) is 3.93. The molecule has 0 heterocycles. The quantitative estimate of drug-likeness (QED) is 0.501. The van der Waals surface area contributed by atoms with Crippen LogP contribution in [-0.2, 0) is 4.79 Å². The number of carbonyl (C=O) groups excluding carboxylic acids is 1. The van der Waals surface area contributed by atoms with Crippen molar-refractivity contribution in [1.29, 1.82) is 0 Å². The maximum absolute atomic E-state index is 10.0.